The number of allylic oxidation sites excluding steroid dienone is 1. The Labute approximate surface area is 116 Å². The zero-order valence-corrected chi connectivity index (χ0v) is 11.2. The van der Waals surface area contributed by atoms with Gasteiger partial charge in [-0.1, -0.05) is 12.5 Å². The molecule has 20 heavy (non-hydrogen) atoms. The standard InChI is InChI=1S/C15H18F3NO/c1-2-3-4-5-6-7-14(20)12-10-11(15(16,17)18)8-9-13(12)19/h2,8-10H,1,3-7,19H2. The highest BCUT2D eigenvalue weighted by atomic mass is 19.4. The van der Waals surface area contributed by atoms with E-state index in [0.717, 1.165) is 37.5 Å². The average molecular weight is 285 g/mol. The first-order chi connectivity index (χ1) is 9.36. The third kappa shape index (κ3) is 4.72. The smallest absolute Gasteiger partial charge is 0.398 e. The molecule has 0 aliphatic rings. The van der Waals surface area contributed by atoms with Gasteiger partial charge < -0.3 is 5.73 Å². The molecule has 2 nitrogen and oxygen atoms in total. The minimum Gasteiger partial charge on any atom is -0.398 e. The van der Waals surface area contributed by atoms with Crippen molar-refractivity contribution in [1.29, 1.82) is 0 Å². The highest BCUT2D eigenvalue weighted by molar-refractivity contribution is 6.00. The van der Waals surface area contributed by atoms with E-state index in [1.54, 1.807) is 6.08 Å². The zero-order valence-electron chi connectivity index (χ0n) is 11.2. The molecule has 0 saturated heterocycles. The highest BCUT2D eigenvalue weighted by Gasteiger charge is 2.31. The predicted octanol–water partition coefficient (Wildman–Crippen LogP) is 4.61. The number of nitrogen functional groups attached to an aromatic ring is 1. The fourth-order valence-corrected chi connectivity index (χ4v) is 1.86. The molecule has 0 aromatic heterocycles. The summed E-state index contributed by atoms with van der Waals surface area (Å²) in [4.78, 5) is 11.9. The van der Waals surface area contributed by atoms with E-state index < -0.39 is 11.7 Å². The normalized spacial score (nSPS) is 11.3. The second kappa shape index (κ2) is 7.12. The highest BCUT2D eigenvalue weighted by Crippen LogP contribution is 2.31. The molecule has 0 unspecified atom stereocenters. The van der Waals surface area contributed by atoms with Crippen LogP contribution in [0.3, 0.4) is 0 Å². The Bertz CT molecular complexity index is 480. The van der Waals surface area contributed by atoms with Crippen molar-refractivity contribution >= 4 is 11.5 Å². The first kappa shape index (κ1) is 16.3. The molecule has 0 spiro atoms. The van der Waals surface area contributed by atoms with Crippen LogP contribution in [0, 0.1) is 0 Å². The van der Waals surface area contributed by atoms with Gasteiger partial charge in [-0.2, -0.15) is 13.2 Å². The Morgan fingerprint density at radius 2 is 1.95 bits per heavy atom. The Balaban J connectivity index is 2.70. The first-order valence-electron chi connectivity index (χ1n) is 6.47. The Kier molecular flexibility index (Phi) is 5.80. The summed E-state index contributed by atoms with van der Waals surface area (Å²) in [5.41, 5.74) is 4.79. The molecule has 1 rings (SSSR count). The number of rotatable bonds is 7. The van der Waals surface area contributed by atoms with Crippen molar-refractivity contribution in [2.75, 3.05) is 5.73 Å². The van der Waals surface area contributed by atoms with Gasteiger partial charge in [0.1, 0.15) is 0 Å². The number of alkyl halides is 3. The molecule has 0 bridgehead atoms. The first-order valence-corrected chi connectivity index (χ1v) is 6.47. The van der Waals surface area contributed by atoms with Gasteiger partial charge in [0.2, 0.25) is 0 Å². The maximum Gasteiger partial charge on any atom is 0.416 e. The summed E-state index contributed by atoms with van der Waals surface area (Å²) in [6.07, 6.45) is 0.829. The number of ketones is 1. The zero-order chi connectivity index (χ0) is 15.2. The molecular formula is C15H18F3NO. The van der Waals surface area contributed by atoms with Crippen LogP contribution in [-0.4, -0.2) is 5.78 Å². The van der Waals surface area contributed by atoms with Gasteiger partial charge in [0.25, 0.3) is 0 Å². The lowest BCUT2D eigenvalue weighted by atomic mass is 10.0. The van der Waals surface area contributed by atoms with E-state index in [0.29, 0.717) is 6.42 Å². The number of hydrogen-bond donors (Lipinski definition) is 1. The molecule has 0 saturated carbocycles. The van der Waals surface area contributed by atoms with Gasteiger partial charge in [0, 0.05) is 17.7 Å². The number of unbranched alkanes of at least 4 members (excludes halogenated alkanes) is 3. The summed E-state index contributed by atoms with van der Waals surface area (Å²) >= 11 is 0. The maximum absolute atomic E-state index is 12.6. The molecule has 0 fully saturated rings. The lowest BCUT2D eigenvalue weighted by Gasteiger charge is -2.10. The average Bonchev–Trinajstić information content (AvgIpc) is 2.37. The van der Waals surface area contributed by atoms with Gasteiger partial charge in [0.05, 0.1) is 5.56 Å². The minimum atomic E-state index is -4.47. The van der Waals surface area contributed by atoms with Crippen molar-refractivity contribution in [1.82, 2.24) is 0 Å². The van der Waals surface area contributed by atoms with Crippen LogP contribution in [0.1, 0.15) is 48.0 Å². The molecule has 0 aliphatic heterocycles. The number of carbonyl (C=O) groups is 1. The van der Waals surface area contributed by atoms with E-state index in [9.17, 15) is 18.0 Å². The Hall–Kier alpha value is -1.78. The predicted molar refractivity (Wildman–Crippen MR) is 73.5 cm³/mol. The van der Waals surface area contributed by atoms with E-state index in [1.165, 1.54) is 0 Å². The van der Waals surface area contributed by atoms with Crippen LogP contribution in [0.4, 0.5) is 18.9 Å². The van der Waals surface area contributed by atoms with Crippen LogP contribution in [0.15, 0.2) is 30.9 Å². The van der Waals surface area contributed by atoms with Crippen LogP contribution < -0.4 is 5.73 Å². The molecule has 0 radical (unpaired) electrons. The number of nitrogens with two attached hydrogens (primary N) is 1. The van der Waals surface area contributed by atoms with E-state index in [4.69, 9.17) is 5.73 Å². The van der Waals surface area contributed by atoms with Crippen molar-refractivity contribution < 1.29 is 18.0 Å². The summed E-state index contributed by atoms with van der Waals surface area (Å²) in [5.74, 6) is -0.341. The lowest BCUT2D eigenvalue weighted by Crippen LogP contribution is -2.10. The quantitative estimate of drug-likeness (QED) is 0.344. The maximum atomic E-state index is 12.6. The van der Waals surface area contributed by atoms with Crippen molar-refractivity contribution in [3.8, 4) is 0 Å². The summed E-state index contributed by atoms with van der Waals surface area (Å²) < 4.78 is 37.8. The van der Waals surface area contributed by atoms with Crippen molar-refractivity contribution in [2.45, 2.75) is 38.3 Å². The van der Waals surface area contributed by atoms with Gasteiger partial charge in [-0.25, -0.2) is 0 Å². The van der Waals surface area contributed by atoms with E-state index in [-0.39, 0.29) is 23.5 Å². The molecule has 0 amide bonds. The number of halogens is 3. The van der Waals surface area contributed by atoms with E-state index >= 15 is 0 Å². The van der Waals surface area contributed by atoms with Crippen LogP contribution in [-0.2, 0) is 6.18 Å². The fraction of sp³-hybridized carbons (Fsp3) is 0.400. The molecule has 1 aromatic rings. The molecule has 1 aromatic carbocycles. The van der Waals surface area contributed by atoms with Gasteiger partial charge in [-0.3, -0.25) is 4.79 Å². The van der Waals surface area contributed by atoms with Gasteiger partial charge in [-0.05, 0) is 37.5 Å². The number of hydrogen-bond acceptors (Lipinski definition) is 2. The van der Waals surface area contributed by atoms with Crippen LogP contribution in [0.25, 0.3) is 0 Å². The molecule has 0 aliphatic carbocycles. The third-order valence-corrected chi connectivity index (χ3v) is 2.99. The summed E-state index contributed by atoms with van der Waals surface area (Å²) in [6, 6.07) is 2.85. The van der Waals surface area contributed by atoms with E-state index in [1.807, 2.05) is 0 Å². The van der Waals surface area contributed by atoms with Crippen LogP contribution in [0.2, 0.25) is 0 Å². The monoisotopic (exact) mass is 285 g/mol. The number of benzene rings is 1. The minimum absolute atomic E-state index is 0.0384. The molecule has 0 atom stereocenters. The topological polar surface area (TPSA) is 43.1 Å². The summed E-state index contributed by atoms with van der Waals surface area (Å²) in [7, 11) is 0. The second-order valence-electron chi connectivity index (χ2n) is 4.61. The van der Waals surface area contributed by atoms with Crippen LogP contribution >= 0.6 is 0 Å². The lowest BCUT2D eigenvalue weighted by molar-refractivity contribution is -0.137. The molecule has 2 N–H and O–H groups in total. The van der Waals surface area contributed by atoms with Crippen molar-refractivity contribution in [3.63, 3.8) is 0 Å². The van der Waals surface area contributed by atoms with Gasteiger partial charge in [0.15, 0.2) is 5.78 Å². The van der Waals surface area contributed by atoms with Crippen LogP contribution in [0.5, 0.6) is 0 Å². The Morgan fingerprint density at radius 1 is 1.25 bits per heavy atom. The molecule has 110 valence electrons. The second-order valence-corrected chi connectivity index (χ2v) is 4.61. The number of Topliss-reactive ketones (excluding diaryl/α,β-unsaturated/α-hetero) is 1. The van der Waals surface area contributed by atoms with Gasteiger partial charge in [-0.15, -0.1) is 6.58 Å². The Morgan fingerprint density at radius 3 is 2.55 bits per heavy atom. The van der Waals surface area contributed by atoms with Crippen molar-refractivity contribution in [2.24, 2.45) is 0 Å². The molecular weight excluding hydrogens is 267 g/mol. The van der Waals surface area contributed by atoms with E-state index in [2.05, 4.69) is 6.58 Å². The fourth-order valence-electron chi connectivity index (χ4n) is 1.86. The van der Waals surface area contributed by atoms with Gasteiger partial charge >= 0.3 is 6.18 Å². The summed E-state index contributed by atoms with van der Waals surface area (Å²) in [6.45, 7) is 3.60. The summed E-state index contributed by atoms with van der Waals surface area (Å²) in [5, 5.41) is 0. The SMILES string of the molecule is C=CCCCCCC(=O)c1cc(C(F)(F)F)ccc1N. The van der Waals surface area contributed by atoms with Crippen molar-refractivity contribution in [3.05, 3.63) is 42.0 Å². The number of anilines is 1. The third-order valence-electron chi connectivity index (χ3n) is 2.99. The molecule has 5 heteroatoms. The largest absolute Gasteiger partial charge is 0.416 e. The molecule has 0 heterocycles. The number of carbonyl (C=O) groups excluding carboxylic acids is 1.